The number of thioether (sulfide) groups is 1. The number of hydrogen-bond acceptors (Lipinski definition) is 5. The Hall–Kier alpha value is -2.42. The van der Waals surface area contributed by atoms with Crippen molar-refractivity contribution in [2.75, 3.05) is 18.6 Å². The quantitative estimate of drug-likeness (QED) is 0.465. The van der Waals surface area contributed by atoms with Crippen LogP contribution in [0.3, 0.4) is 0 Å². The zero-order valence-electron chi connectivity index (χ0n) is 16.1. The molecule has 1 amide bonds. The number of carbonyl (C=O) groups is 1. The van der Waals surface area contributed by atoms with Gasteiger partial charge in [-0.1, -0.05) is 18.2 Å². The molecule has 2 aromatic carbocycles. The van der Waals surface area contributed by atoms with E-state index in [-0.39, 0.29) is 5.91 Å². The van der Waals surface area contributed by atoms with Crippen LogP contribution in [-0.2, 0) is 18.0 Å². The molecular weight excluding hydrogens is 390 g/mol. The summed E-state index contributed by atoms with van der Waals surface area (Å²) >= 11 is 7.34. The van der Waals surface area contributed by atoms with Crippen LogP contribution in [0.5, 0.6) is 0 Å². The summed E-state index contributed by atoms with van der Waals surface area (Å²) < 4.78 is 4.22. The van der Waals surface area contributed by atoms with Crippen LogP contribution in [0.1, 0.15) is 12.5 Å². The number of benzene rings is 2. The van der Waals surface area contributed by atoms with Gasteiger partial charge in [0.2, 0.25) is 10.7 Å². The molecule has 0 radical (unpaired) electrons. The van der Waals surface area contributed by atoms with Gasteiger partial charge in [0.1, 0.15) is 6.33 Å². The molecule has 1 heterocycles. The third kappa shape index (κ3) is 5.09. The third-order valence-corrected chi connectivity index (χ3v) is 5.32. The first-order valence-electron chi connectivity index (χ1n) is 8.80. The van der Waals surface area contributed by atoms with Gasteiger partial charge in [-0.05, 0) is 61.4 Å². The van der Waals surface area contributed by atoms with Crippen LogP contribution in [0, 0.1) is 4.77 Å². The summed E-state index contributed by atoms with van der Waals surface area (Å²) in [5.41, 5.74) is 2.83. The largest absolute Gasteiger partial charge is 0.326 e. The van der Waals surface area contributed by atoms with Crippen LogP contribution < -0.4 is 5.32 Å². The molecule has 3 rings (SSSR count). The van der Waals surface area contributed by atoms with E-state index in [9.17, 15) is 4.79 Å². The second kappa shape index (κ2) is 9.18. The van der Waals surface area contributed by atoms with Crippen molar-refractivity contribution in [3.8, 4) is 5.69 Å². The second-order valence-electron chi connectivity index (χ2n) is 6.52. The summed E-state index contributed by atoms with van der Waals surface area (Å²) in [5.74, 6) is -0.108. The standard InChI is InChI=1S/C20H23N5OS2/c1-15(26)22-17-5-4-6-18(11-17)24-13-21-25(20(24)27)14-23(2)12-16-7-9-19(28-3)10-8-16/h4-11,13H,12,14H2,1-3H3,(H,22,26). The molecule has 28 heavy (non-hydrogen) atoms. The van der Waals surface area contributed by atoms with Crippen LogP contribution in [0.25, 0.3) is 5.69 Å². The molecule has 0 atom stereocenters. The highest BCUT2D eigenvalue weighted by Gasteiger charge is 2.08. The summed E-state index contributed by atoms with van der Waals surface area (Å²) in [6, 6.07) is 16.1. The van der Waals surface area contributed by atoms with Crippen LogP contribution in [0.4, 0.5) is 5.69 Å². The lowest BCUT2D eigenvalue weighted by Gasteiger charge is -2.16. The van der Waals surface area contributed by atoms with Crippen molar-refractivity contribution >= 4 is 35.6 Å². The van der Waals surface area contributed by atoms with Crippen molar-refractivity contribution in [1.29, 1.82) is 0 Å². The van der Waals surface area contributed by atoms with E-state index in [1.165, 1.54) is 17.4 Å². The van der Waals surface area contributed by atoms with Gasteiger partial charge in [-0.15, -0.1) is 11.8 Å². The maximum Gasteiger partial charge on any atom is 0.221 e. The van der Waals surface area contributed by atoms with Crippen LogP contribution in [0.2, 0.25) is 0 Å². The van der Waals surface area contributed by atoms with E-state index in [1.54, 1.807) is 22.8 Å². The smallest absolute Gasteiger partial charge is 0.221 e. The van der Waals surface area contributed by atoms with E-state index >= 15 is 0 Å². The molecule has 0 saturated carbocycles. The van der Waals surface area contributed by atoms with Crippen LogP contribution in [-0.4, -0.2) is 38.5 Å². The Labute approximate surface area is 174 Å². The number of nitrogens with zero attached hydrogens (tertiary/aromatic N) is 4. The minimum atomic E-state index is -0.108. The first-order chi connectivity index (χ1) is 13.5. The van der Waals surface area contributed by atoms with Crippen molar-refractivity contribution in [3.05, 3.63) is 65.2 Å². The Kier molecular flexibility index (Phi) is 6.66. The predicted molar refractivity (Wildman–Crippen MR) is 116 cm³/mol. The third-order valence-electron chi connectivity index (χ3n) is 4.17. The zero-order chi connectivity index (χ0) is 20.1. The van der Waals surface area contributed by atoms with Gasteiger partial charge in [-0.25, -0.2) is 4.68 Å². The van der Waals surface area contributed by atoms with Crippen molar-refractivity contribution < 1.29 is 4.79 Å². The molecule has 0 aliphatic rings. The van der Waals surface area contributed by atoms with Gasteiger partial charge in [0.15, 0.2) is 0 Å². The van der Waals surface area contributed by atoms with Crippen molar-refractivity contribution in [2.24, 2.45) is 0 Å². The van der Waals surface area contributed by atoms with Gasteiger partial charge in [-0.2, -0.15) is 5.10 Å². The van der Waals surface area contributed by atoms with E-state index in [2.05, 4.69) is 45.8 Å². The highest BCUT2D eigenvalue weighted by atomic mass is 32.2. The van der Waals surface area contributed by atoms with E-state index in [1.807, 2.05) is 35.9 Å². The van der Waals surface area contributed by atoms with Crippen molar-refractivity contribution in [2.45, 2.75) is 25.0 Å². The molecule has 0 spiro atoms. The molecular formula is C20H23N5OS2. The minimum Gasteiger partial charge on any atom is -0.326 e. The molecule has 0 fully saturated rings. The van der Waals surface area contributed by atoms with Gasteiger partial charge < -0.3 is 5.32 Å². The molecule has 8 heteroatoms. The molecule has 3 aromatic rings. The monoisotopic (exact) mass is 413 g/mol. The predicted octanol–water partition coefficient (Wildman–Crippen LogP) is 4.17. The molecule has 1 N–H and O–H groups in total. The van der Waals surface area contributed by atoms with Crippen LogP contribution in [0.15, 0.2) is 59.8 Å². The van der Waals surface area contributed by atoms with Crippen LogP contribution >= 0.6 is 24.0 Å². The number of hydrogen-bond donors (Lipinski definition) is 1. The second-order valence-corrected chi connectivity index (χ2v) is 7.76. The van der Waals surface area contributed by atoms with E-state index in [4.69, 9.17) is 12.2 Å². The number of amides is 1. The SMILES string of the molecule is CSc1ccc(CN(C)Cn2ncn(-c3cccc(NC(C)=O)c3)c2=S)cc1. The molecule has 0 bridgehead atoms. The Morgan fingerprint density at radius 2 is 2.00 bits per heavy atom. The fraction of sp³-hybridized carbons (Fsp3) is 0.250. The lowest BCUT2D eigenvalue weighted by molar-refractivity contribution is -0.114. The first kappa shape index (κ1) is 20.3. The number of aromatic nitrogens is 3. The Morgan fingerprint density at radius 3 is 2.68 bits per heavy atom. The highest BCUT2D eigenvalue weighted by molar-refractivity contribution is 7.98. The average Bonchev–Trinajstić information content (AvgIpc) is 3.02. The molecule has 146 valence electrons. The van der Waals surface area contributed by atoms with E-state index in [0.29, 0.717) is 11.4 Å². The van der Waals surface area contributed by atoms with Crippen molar-refractivity contribution in [1.82, 2.24) is 19.2 Å². The van der Waals surface area contributed by atoms with Gasteiger partial charge in [0.05, 0.1) is 12.4 Å². The van der Waals surface area contributed by atoms with E-state index in [0.717, 1.165) is 17.9 Å². The summed E-state index contributed by atoms with van der Waals surface area (Å²) in [6.45, 7) is 2.88. The molecule has 1 aromatic heterocycles. The zero-order valence-corrected chi connectivity index (χ0v) is 17.8. The lowest BCUT2D eigenvalue weighted by atomic mass is 10.2. The van der Waals surface area contributed by atoms with Gasteiger partial charge in [0, 0.05) is 24.1 Å². The average molecular weight is 414 g/mol. The highest BCUT2D eigenvalue weighted by Crippen LogP contribution is 2.17. The fourth-order valence-electron chi connectivity index (χ4n) is 2.87. The fourth-order valence-corrected chi connectivity index (χ4v) is 3.53. The van der Waals surface area contributed by atoms with Gasteiger partial charge in [-0.3, -0.25) is 14.3 Å². The molecule has 6 nitrogen and oxygen atoms in total. The summed E-state index contributed by atoms with van der Waals surface area (Å²) in [7, 11) is 2.04. The summed E-state index contributed by atoms with van der Waals surface area (Å²) in [6.07, 6.45) is 3.78. The Balaban J connectivity index is 1.72. The Morgan fingerprint density at radius 1 is 1.25 bits per heavy atom. The molecule has 0 aliphatic carbocycles. The number of nitrogens with one attached hydrogen (secondary N) is 1. The normalized spacial score (nSPS) is 11.0. The van der Waals surface area contributed by atoms with Gasteiger partial charge in [0.25, 0.3) is 0 Å². The number of anilines is 1. The van der Waals surface area contributed by atoms with E-state index < -0.39 is 0 Å². The minimum absolute atomic E-state index is 0.108. The molecule has 0 saturated heterocycles. The van der Waals surface area contributed by atoms with Crippen molar-refractivity contribution in [3.63, 3.8) is 0 Å². The maximum atomic E-state index is 11.3. The number of carbonyl (C=O) groups excluding carboxylic acids is 1. The lowest BCUT2D eigenvalue weighted by Crippen LogP contribution is -2.22. The molecule has 0 unspecified atom stereocenters. The molecule has 0 aliphatic heterocycles. The topological polar surface area (TPSA) is 55.1 Å². The number of rotatable bonds is 7. The summed E-state index contributed by atoms with van der Waals surface area (Å²) in [5, 5.41) is 7.22. The Bertz CT molecular complexity index is 1010. The maximum absolute atomic E-state index is 11.3. The first-order valence-corrected chi connectivity index (χ1v) is 10.4. The van der Waals surface area contributed by atoms with Gasteiger partial charge >= 0.3 is 0 Å². The summed E-state index contributed by atoms with van der Waals surface area (Å²) in [4.78, 5) is 14.7.